The van der Waals surface area contributed by atoms with Crippen molar-refractivity contribution >= 4 is 0 Å². The van der Waals surface area contributed by atoms with Crippen molar-refractivity contribution in [2.24, 2.45) is 0 Å². The number of rotatable bonds is 2. The van der Waals surface area contributed by atoms with E-state index in [1.165, 1.54) is 5.56 Å². The van der Waals surface area contributed by atoms with Crippen molar-refractivity contribution in [1.29, 1.82) is 0 Å². The maximum atomic E-state index is 5.68. The van der Waals surface area contributed by atoms with Crippen LogP contribution in [-0.4, -0.2) is 6.10 Å². The highest BCUT2D eigenvalue weighted by Gasteiger charge is 2.04. The summed E-state index contributed by atoms with van der Waals surface area (Å²) in [4.78, 5) is 0. The lowest BCUT2D eigenvalue weighted by atomic mass is 10.2. The van der Waals surface area contributed by atoms with E-state index in [2.05, 4.69) is 13.0 Å². The maximum Gasteiger partial charge on any atom is 0.136 e. The van der Waals surface area contributed by atoms with Gasteiger partial charge in [-0.05, 0) is 36.8 Å². The summed E-state index contributed by atoms with van der Waals surface area (Å²) in [5.41, 5.74) is 1.23. The molecule has 0 bridgehead atoms. The molecule has 0 fully saturated rings. The molecule has 0 unspecified atom stereocenters. The Morgan fingerprint density at radius 2 is 1.92 bits per heavy atom. The molecular weight excluding hydrogens is 160 g/mol. The van der Waals surface area contributed by atoms with Crippen LogP contribution in [-0.2, 0) is 0 Å². The second-order valence-corrected chi connectivity index (χ2v) is 3.17. The van der Waals surface area contributed by atoms with Crippen LogP contribution in [0.3, 0.4) is 0 Å². The fraction of sp³-hybridized carbons (Fsp3) is 0.167. The van der Waals surface area contributed by atoms with Gasteiger partial charge in [-0.2, -0.15) is 0 Å². The highest BCUT2D eigenvalue weighted by atomic mass is 16.5. The molecule has 0 atom stereocenters. The van der Waals surface area contributed by atoms with E-state index in [0.717, 1.165) is 5.75 Å². The molecular formula is C12H12O. The van der Waals surface area contributed by atoms with E-state index in [0.29, 0.717) is 0 Å². The second-order valence-electron chi connectivity index (χ2n) is 3.17. The summed E-state index contributed by atoms with van der Waals surface area (Å²) < 4.78 is 5.68. The average molecular weight is 172 g/mol. The number of hydrogen-bond donors (Lipinski definition) is 0. The lowest BCUT2D eigenvalue weighted by Crippen LogP contribution is -2.07. The van der Waals surface area contributed by atoms with Gasteiger partial charge in [0.25, 0.3) is 0 Å². The molecule has 0 amide bonds. The van der Waals surface area contributed by atoms with Crippen molar-refractivity contribution in [2.75, 3.05) is 0 Å². The van der Waals surface area contributed by atoms with E-state index < -0.39 is 0 Å². The SMILES string of the molecule is Cc1cccc(OC2C=CC=C2)c1. The first-order valence-corrected chi connectivity index (χ1v) is 4.43. The summed E-state index contributed by atoms with van der Waals surface area (Å²) in [6.07, 6.45) is 8.17. The summed E-state index contributed by atoms with van der Waals surface area (Å²) in [6, 6.07) is 8.09. The molecule has 0 saturated carbocycles. The Kier molecular flexibility index (Phi) is 2.17. The molecule has 0 heterocycles. The highest BCUT2D eigenvalue weighted by Crippen LogP contribution is 2.16. The Balaban J connectivity index is 2.09. The van der Waals surface area contributed by atoms with Gasteiger partial charge in [0.15, 0.2) is 0 Å². The minimum Gasteiger partial charge on any atom is -0.482 e. The normalized spacial score (nSPS) is 15.2. The van der Waals surface area contributed by atoms with Gasteiger partial charge in [-0.1, -0.05) is 24.3 Å². The van der Waals surface area contributed by atoms with Crippen LogP contribution in [0.15, 0.2) is 48.6 Å². The standard InChI is InChI=1S/C12H12O/c1-10-5-4-8-12(9-10)13-11-6-2-3-7-11/h2-9,11H,1H3. The first-order chi connectivity index (χ1) is 6.34. The van der Waals surface area contributed by atoms with Crippen molar-refractivity contribution in [2.45, 2.75) is 13.0 Å². The van der Waals surface area contributed by atoms with Crippen LogP contribution < -0.4 is 4.74 Å². The quantitative estimate of drug-likeness (QED) is 0.666. The smallest absolute Gasteiger partial charge is 0.136 e. The zero-order chi connectivity index (χ0) is 9.10. The van der Waals surface area contributed by atoms with Gasteiger partial charge in [-0.25, -0.2) is 0 Å². The van der Waals surface area contributed by atoms with Gasteiger partial charge in [0.1, 0.15) is 11.9 Å². The molecule has 1 heteroatoms. The molecule has 0 radical (unpaired) electrons. The van der Waals surface area contributed by atoms with Gasteiger partial charge in [-0.3, -0.25) is 0 Å². The summed E-state index contributed by atoms with van der Waals surface area (Å²) in [7, 11) is 0. The second kappa shape index (κ2) is 3.48. The Labute approximate surface area is 78.3 Å². The fourth-order valence-corrected chi connectivity index (χ4v) is 1.34. The number of aryl methyl sites for hydroxylation is 1. The van der Waals surface area contributed by atoms with Crippen molar-refractivity contribution in [3.05, 3.63) is 54.1 Å². The van der Waals surface area contributed by atoms with Crippen LogP contribution in [0.2, 0.25) is 0 Å². The topological polar surface area (TPSA) is 9.23 Å². The van der Waals surface area contributed by atoms with Gasteiger partial charge >= 0.3 is 0 Å². The first-order valence-electron chi connectivity index (χ1n) is 4.43. The third-order valence-electron chi connectivity index (χ3n) is 1.97. The van der Waals surface area contributed by atoms with Crippen LogP contribution in [0.1, 0.15) is 5.56 Å². The van der Waals surface area contributed by atoms with Gasteiger partial charge in [0.2, 0.25) is 0 Å². The lowest BCUT2D eigenvalue weighted by Gasteiger charge is -2.09. The molecule has 1 aliphatic rings. The first kappa shape index (κ1) is 8.11. The van der Waals surface area contributed by atoms with Crippen molar-refractivity contribution in [1.82, 2.24) is 0 Å². The molecule has 0 N–H and O–H groups in total. The Hall–Kier alpha value is -1.50. The molecule has 1 aliphatic carbocycles. The van der Waals surface area contributed by atoms with E-state index in [1.807, 2.05) is 42.5 Å². The molecule has 0 aromatic heterocycles. The number of hydrogen-bond acceptors (Lipinski definition) is 1. The van der Waals surface area contributed by atoms with Crippen molar-refractivity contribution < 1.29 is 4.74 Å². The van der Waals surface area contributed by atoms with Crippen LogP contribution >= 0.6 is 0 Å². The predicted molar refractivity (Wildman–Crippen MR) is 53.9 cm³/mol. The number of benzene rings is 1. The third kappa shape index (κ3) is 2.00. The minimum atomic E-state index is 0.113. The molecule has 1 aromatic rings. The third-order valence-corrected chi connectivity index (χ3v) is 1.97. The summed E-state index contributed by atoms with van der Waals surface area (Å²) in [5.74, 6) is 0.932. The van der Waals surface area contributed by atoms with Crippen LogP contribution in [0.25, 0.3) is 0 Å². The van der Waals surface area contributed by atoms with E-state index in [9.17, 15) is 0 Å². The van der Waals surface area contributed by atoms with Crippen LogP contribution in [0.5, 0.6) is 5.75 Å². The Morgan fingerprint density at radius 1 is 1.15 bits per heavy atom. The molecule has 0 saturated heterocycles. The van der Waals surface area contributed by atoms with Gasteiger partial charge in [-0.15, -0.1) is 0 Å². The Bertz CT molecular complexity index is 338. The van der Waals surface area contributed by atoms with Gasteiger partial charge in [0.05, 0.1) is 0 Å². The van der Waals surface area contributed by atoms with E-state index >= 15 is 0 Å². The average Bonchev–Trinajstić information content (AvgIpc) is 2.57. The van der Waals surface area contributed by atoms with E-state index in [4.69, 9.17) is 4.74 Å². The van der Waals surface area contributed by atoms with Gasteiger partial charge in [0, 0.05) is 0 Å². The minimum absolute atomic E-state index is 0.113. The predicted octanol–water partition coefficient (Wildman–Crippen LogP) is 2.87. The molecule has 2 rings (SSSR count). The van der Waals surface area contributed by atoms with Crippen LogP contribution in [0.4, 0.5) is 0 Å². The zero-order valence-electron chi connectivity index (χ0n) is 7.60. The summed E-state index contributed by atoms with van der Waals surface area (Å²) in [5, 5.41) is 0. The van der Waals surface area contributed by atoms with Crippen molar-refractivity contribution in [3.8, 4) is 5.75 Å². The number of ether oxygens (including phenoxy) is 1. The maximum absolute atomic E-state index is 5.68. The highest BCUT2D eigenvalue weighted by molar-refractivity contribution is 5.30. The van der Waals surface area contributed by atoms with Gasteiger partial charge < -0.3 is 4.74 Å². The van der Waals surface area contributed by atoms with E-state index in [1.54, 1.807) is 0 Å². The Morgan fingerprint density at radius 3 is 2.62 bits per heavy atom. The fourth-order valence-electron chi connectivity index (χ4n) is 1.34. The van der Waals surface area contributed by atoms with E-state index in [-0.39, 0.29) is 6.10 Å². The van der Waals surface area contributed by atoms with Crippen molar-refractivity contribution in [3.63, 3.8) is 0 Å². The molecule has 0 aliphatic heterocycles. The summed E-state index contributed by atoms with van der Waals surface area (Å²) in [6.45, 7) is 2.06. The monoisotopic (exact) mass is 172 g/mol. The lowest BCUT2D eigenvalue weighted by molar-refractivity contribution is 0.298. The van der Waals surface area contributed by atoms with Crippen LogP contribution in [0, 0.1) is 6.92 Å². The molecule has 0 spiro atoms. The molecule has 1 aromatic carbocycles. The molecule has 1 nitrogen and oxygen atoms in total. The molecule has 13 heavy (non-hydrogen) atoms. The molecule has 66 valence electrons. The summed E-state index contributed by atoms with van der Waals surface area (Å²) >= 11 is 0. The largest absolute Gasteiger partial charge is 0.482 e. The number of allylic oxidation sites excluding steroid dienone is 2. The zero-order valence-corrected chi connectivity index (χ0v) is 7.60.